The molecule has 0 saturated heterocycles. The van der Waals surface area contributed by atoms with E-state index < -0.39 is 15.8 Å². The van der Waals surface area contributed by atoms with Crippen LogP contribution in [0.4, 0.5) is 15.9 Å². The van der Waals surface area contributed by atoms with E-state index in [0.717, 1.165) is 12.1 Å². The Hall–Kier alpha value is -2.72. The average molecular weight is 453 g/mol. The lowest BCUT2D eigenvalue weighted by Crippen LogP contribution is -2.12. The average Bonchev–Trinajstić information content (AvgIpc) is 2.64. The van der Waals surface area contributed by atoms with E-state index in [2.05, 4.69) is 15.3 Å². The summed E-state index contributed by atoms with van der Waals surface area (Å²) in [6.07, 6.45) is 1.46. The van der Waals surface area contributed by atoms with Crippen molar-refractivity contribution in [3.8, 4) is 0 Å². The monoisotopic (exact) mass is 452 g/mol. The van der Waals surface area contributed by atoms with E-state index in [9.17, 15) is 17.6 Å². The molecule has 0 aliphatic heterocycles. The predicted molar refractivity (Wildman–Crippen MR) is 111 cm³/mol. The fraction of sp³-hybridized carbons (Fsp3) is 0. The second kappa shape index (κ2) is 6.96. The maximum absolute atomic E-state index is 13.7. The third kappa shape index (κ3) is 3.65. The van der Waals surface area contributed by atoms with Gasteiger partial charge >= 0.3 is 0 Å². The van der Waals surface area contributed by atoms with Crippen molar-refractivity contribution >= 4 is 66.4 Å². The van der Waals surface area contributed by atoms with Crippen molar-refractivity contribution in [2.24, 2.45) is 5.14 Å². The molecule has 2 aromatic carbocycles. The molecule has 0 aliphatic carbocycles. The predicted octanol–water partition coefficient (Wildman–Crippen LogP) is 3.91. The lowest BCUT2D eigenvalue weighted by atomic mass is 10.1. The van der Waals surface area contributed by atoms with Crippen LogP contribution in [0, 0.1) is 5.82 Å². The first-order valence-corrected chi connectivity index (χ1v) is 10.3. The molecule has 4 rings (SSSR count). The minimum absolute atomic E-state index is 0.0134. The Balaban J connectivity index is 1.96. The van der Waals surface area contributed by atoms with Gasteiger partial charge in [0, 0.05) is 28.4 Å². The van der Waals surface area contributed by atoms with Crippen molar-refractivity contribution in [1.29, 1.82) is 0 Å². The zero-order chi connectivity index (χ0) is 20.9. The maximum atomic E-state index is 13.7. The molecule has 0 amide bonds. The van der Waals surface area contributed by atoms with Crippen molar-refractivity contribution in [2.45, 2.75) is 4.90 Å². The molecule has 0 aliphatic rings. The van der Waals surface area contributed by atoms with Gasteiger partial charge in [0.2, 0.25) is 15.6 Å². The number of aromatic nitrogens is 2. The van der Waals surface area contributed by atoms with Crippen LogP contribution in [-0.4, -0.2) is 18.4 Å². The summed E-state index contributed by atoms with van der Waals surface area (Å²) < 4.78 is 36.8. The summed E-state index contributed by atoms with van der Waals surface area (Å²) in [4.78, 5) is 18.6. The van der Waals surface area contributed by atoms with Gasteiger partial charge in [-0.1, -0.05) is 23.2 Å². The number of nitrogens with zero attached hydrogens (tertiary/aromatic N) is 1. The van der Waals surface area contributed by atoms with E-state index in [1.54, 1.807) is 0 Å². The standard InChI is InChI=1S/C18H11Cl2FN4O3S/c19-13-4-9(29(22,27)28)5-14(20)17(13)25-18-11-6-16(26)23-7-12(11)10-3-8(21)1-2-15(10)24-18/h1-7H,(H,23,26)(H,24,25)(H2,22,27,28). The second-order valence-electron chi connectivity index (χ2n) is 6.18. The Kier molecular flexibility index (Phi) is 4.70. The topological polar surface area (TPSA) is 118 Å². The quantitative estimate of drug-likeness (QED) is 0.407. The summed E-state index contributed by atoms with van der Waals surface area (Å²) in [6.45, 7) is 0. The fourth-order valence-corrected chi connectivity index (χ4v) is 4.21. The molecule has 4 aromatic rings. The van der Waals surface area contributed by atoms with Crippen molar-refractivity contribution < 1.29 is 12.8 Å². The molecule has 0 fully saturated rings. The first-order valence-electron chi connectivity index (χ1n) is 8.04. The smallest absolute Gasteiger partial charge is 0.248 e. The Morgan fingerprint density at radius 1 is 1.03 bits per heavy atom. The lowest BCUT2D eigenvalue weighted by Gasteiger charge is -2.14. The van der Waals surface area contributed by atoms with Gasteiger partial charge in [0.25, 0.3) is 0 Å². The molecule has 7 nitrogen and oxygen atoms in total. The summed E-state index contributed by atoms with van der Waals surface area (Å²) in [5.74, 6) is -0.213. The molecule has 0 bridgehead atoms. The molecule has 29 heavy (non-hydrogen) atoms. The highest BCUT2D eigenvalue weighted by Gasteiger charge is 2.17. The van der Waals surface area contributed by atoms with E-state index in [4.69, 9.17) is 28.3 Å². The number of hydrogen-bond donors (Lipinski definition) is 3. The normalized spacial score (nSPS) is 11.9. The van der Waals surface area contributed by atoms with E-state index in [-0.39, 0.29) is 32.0 Å². The van der Waals surface area contributed by atoms with Crippen molar-refractivity contribution in [1.82, 2.24) is 9.97 Å². The van der Waals surface area contributed by atoms with Crippen molar-refractivity contribution in [2.75, 3.05) is 5.32 Å². The fourth-order valence-electron chi connectivity index (χ4n) is 2.94. The number of hydrogen-bond acceptors (Lipinski definition) is 5. The number of aromatic amines is 1. The van der Waals surface area contributed by atoms with Crippen LogP contribution in [0.3, 0.4) is 0 Å². The van der Waals surface area contributed by atoms with E-state index >= 15 is 0 Å². The Bertz CT molecular complexity index is 1450. The van der Waals surface area contributed by atoms with E-state index in [1.807, 2.05) is 0 Å². The number of anilines is 2. The minimum atomic E-state index is -4.00. The third-order valence-electron chi connectivity index (χ3n) is 4.25. The van der Waals surface area contributed by atoms with Gasteiger partial charge in [-0.25, -0.2) is 22.9 Å². The van der Waals surface area contributed by atoms with Crippen LogP contribution in [0.25, 0.3) is 21.7 Å². The SMILES string of the molecule is NS(=O)(=O)c1cc(Cl)c(Nc2nc3ccc(F)cc3c3c[nH]c(=O)cc23)c(Cl)c1. The summed E-state index contributed by atoms with van der Waals surface area (Å²) in [5, 5.41) is 9.48. The molecule has 2 heterocycles. The lowest BCUT2D eigenvalue weighted by molar-refractivity contribution is 0.598. The Morgan fingerprint density at radius 2 is 1.72 bits per heavy atom. The number of pyridine rings is 2. The van der Waals surface area contributed by atoms with Crippen LogP contribution in [-0.2, 0) is 10.0 Å². The third-order valence-corrected chi connectivity index (χ3v) is 5.74. The molecule has 0 saturated carbocycles. The van der Waals surface area contributed by atoms with Crippen LogP contribution in [0.5, 0.6) is 0 Å². The second-order valence-corrected chi connectivity index (χ2v) is 8.55. The highest BCUT2D eigenvalue weighted by Crippen LogP contribution is 2.37. The summed E-state index contributed by atoms with van der Waals surface area (Å²) in [5.41, 5.74) is 0.248. The summed E-state index contributed by atoms with van der Waals surface area (Å²) in [7, 11) is -4.00. The molecule has 11 heteroatoms. The number of sulfonamides is 1. The number of benzene rings is 2. The van der Waals surface area contributed by atoms with Crippen LogP contribution in [0.2, 0.25) is 10.0 Å². The molecule has 0 spiro atoms. The van der Waals surface area contributed by atoms with Gasteiger partial charge in [-0.15, -0.1) is 0 Å². The van der Waals surface area contributed by atoms with Crippen molar-refractivity contribution in [3.63, 3.8) is 0 Å². The van der Waals surface area contributed by atoms with Gasteiger partial charge in [-0.05, 0) is 30.3 Å². The molecule has 2 aromatic heterocycles. The van der Waals surface area contributed by atoms with Crippen LogP contribution in [0.15, 0.2) is 52.3 Å². The first kappa shape index (κ1) is 19.6. The summed E-state index contributed by atoms with van der Waals surface area (Å²) >= 11 is 12.4. The number of nitrogens with one attached hydrogen (secondary N) is 2. The van der Waals surface area contributed by atoms with E-state index in [1.165, 1.54) is 30.5 Å². The Morgan fingerprint density at radius 3 is 2.38 bits per heavy atom. The van der Waals surface area contributed by atoms with Gasteiger partial charge < -0.3 is 10.3 Å². The summed E-state index contributed by atoms with van der Waals surface area (Å²) in [6, 6.07) is 7.67. The van der Waals surface area contributed by atoms with Gasteiger partial charge in [0.05, 0.1) is 26.1 Å². The van der Waals surface area contributed by atoms with Crippen LogP contribution < -0.4 is 16.0 Å². The highest BCUT2D eigenvalue weighted by atomic mass is 35.5. The van der Waals surface area contributed by atoms with Crippen LogP contribution in [0.1, 0.15) is 0 Å². The zero-order valence-corrected chi connectivity index (χ0v) is 16.7. The number of primary sulfonamides is 1. The highest BCUT2D eigenvalue weighted by molar-refractivity contribution is 7.89. The molecular weight excluding hydrogens is 442 g/mol. The molecule has 4 N–H and O–H groups in total. The van der Waals surface area contributed by atoms with Gasteiger partial charge in [-0.3, -0.25) is 4.79 Å². The van der Waals surface area contributed by atoms with Gasteiger partial charge in [-0.2, -0.15) is 0 Å². The Labute approximate surface area is 173 Å². The van der Waals surface area contributed by atoms with Crippen molar-refractivity contribution in [3.05, 3.63) is 68.8 Å². The van der Waals surface area contributed by atoms with Crippen LogP contribution >= 0.6 is 23.2 Å². The molecule has 148 valence electrons. The minimum Gasteiger partial charge on any atom is -0.337 e. The molecule has 0 atom stereocenters. The largest absolute Gasteiger partial charge is 0.337 e. The molecule has 0 radical (unpaired) electrons. The van der Waals surface area contributed by atoms with Gasteiger partial charge in [0.15, 0.2) is 0 Å². The number of halogens is 3. The first-order chi connectivity index (χ1) is 13.6. The molecule has 0 unspecified atom stereocenters. The number of H-pyrrole nitrogens is 1. The number of fused-ring (bicyclic) bond motifs is 3. The maximum Gasteiger partial charge on any atom is 0.248 e. The van der Waals surface area contributed by atoms with Gasteiger partial charge in [0.1, 0.15) is 11.6 Å². The number of nitrogens with two attached hydrogens (primary N) is 1. The van der Waals surface area contributed by atoms with E-state index in [0.29, 0.717) is 21.7 Å². The number of rotatable bonds is 3. The molecular formula is C18H11Cl2FN4O3S. The zero-order valence-electron chi connectivity index (χ0n) is 14.3.